The third-order valence-electron chi connectivity index (χ3n) is 3.60. The van der Waals surface area contributed by atoms with Crippen LogP contribution in [-0.2, 0) is 12.0 Å². The van der Waals surface area contributed by atoms with Crippen LogP contribution in [0, 0.1) is 11.6 Å². The molecule has 1 atom stereocenters. The van der Waals surface area contributed by atoms with Crippen molar-refractivity contribution < 1.29 is 8.78 Å². The van der Waals surface area contributed by atoms with Gasteiger partial charge >= 0.3 is 0 Å². The largest absolute Gasteiger partial charge is 0.321 e. The number of rotatable bonds is 5. The number of nitrogens with two attached hydrogens (primary N) is 1. The summed E-state index contributed by atoms with van der Waals surface area (Å²) in [5, 5.41) is 0. The van der Waals surface area contributed by atoms with E-state index < -0.39 is 17.2 Å². The monoisotopic (exact) mass is 275 g/mol. The molecule has 0 aromatic heterocycles. The van der Waals surface area contributed by atoms with Crippen LogP contribution in [0.4, 0.5) is 8.78 Å². The van der Waals surface area contributed by atoms with E-state index in [4.69, 9.17) is 5.73 Å². The standard InChI is InChI=1S/C17H19F2N/c1-2-11-17(20,13-7-4-3-5-8-13)12-14-15(18)9-6-10-16(14)19/h3-10H,2,11-12,20H2,1H3. The third kappa shape index (κ3) is 3.05. The van der Waals surface area contributed by atoms with Gasteiger partial charge in [0.25, 0.3) is 0 Å². The molecule has 0 amide bonds. The lowest BCUT2D eigenvalue weighted by Crippen LogP contribution is -2.39. The van der Waals surface area contributed by atoms with Crippen molar-refractivity contribution in [2.75, 3.05) is 0 Å². The van der Waals surface area contributed by atoms with Crippen LogP contribution in [-0.4, -0.2) is 0 Å². The van der Waals surface area contributed by atoms with Gasteiger partial charge < -0.3 is 5.73 Å². The van der Waals surface area contributed by atoms with E-state index in [9.17, 15) is 8.78 Å². The minimum Gasteiger partial charge on any atom is -0.321 e. The Labute approximate surface area is 118 Å². The SMILES string of the molecule is CCCC(N)(Cc1c(F)cccc1F)c1ccccc1. The highest BCUT2D eigenvalue weighted by Gasteiger charge is 2.29. The quantitative estimate of drug-likeness (QED) is 0.871. The number of halogens is 2. The van der Waals surface area contributed by atoms with Crippen LogP contribution in [0.1, 0.15) is 30.9 Å². The molecule has 0 aliphatic rings. The lowest BCUT2D eigenvalue weighted by atomic mass is 9.81. The fourth-order valence-electron chi connectivity index (χ4n) is 2.57. The van der Waals surface area contributed by atoms with Gasteiger partial charge in [0.2, 0.25) is 0 Å². The van der Waals surface area contributed by atoms with Crippen LogP contribution < -0.4 is 5.73 Å². The van der Waals surface area contributed by atoms with Gasteiger partial charge in [-0.2, -0.15) is 0 Å². The minimum absolute atomic E-state index is 0.0623. The van der Waals surface area contributed by atoms with Crippen molar-refractivity contribution in [3.05, 3.63) is 71.3 Å². The van der Waals surface area contributed by atoms with Crippen LogP contribution >= 0.6 is 0 Å². The van der Waals surface area contributed by atoms with E-state index in [2.05, 4.69) is 0 Å². The van der Waals surface area contributed by atoms with Gasteiger partial charge in [0.1, 0.15) is 11.6 Å². The number of hydrogen-bond acceptors (Lipinski definition) is 1. The molecule has 2 N–H and O–H groups in total. The maximum absolute atomic E-state index is 13.8. The van der Waals surface area contributed by atoms with Crippen LogP contribution in [0.15, 0.2) is 48.5 Å². The van der Waals surface area contributed by atoms with Gasteiger partial charge in [-0.3, -0.25) is 0 Å². The second-order valence-electron chi connectivity index (χ2n) is 5.15. The Morgan fingerprint density at radius 2 is 1.55 bits per heavy atom. The molecule has 20 heavy (non-hydrogen) atoms. The summed E-state index contributed by atoms with van der Waals surface area (Å²) in [6, 6.07) is 13.4. The van der Waals surface area contributed by atoms with Crippen molar-refractivity contribution in [1.82, 2.24) is 0 Å². The highest BCUT2D eigenvalue weighted by molar-refractivity contribution is 5.29. The smallest absolute Gasteiger partial charge is 0.129 e. The molecule has 0 spiro atoms. The van der Waals surface area contributed by atoms with E-state index in [0.29, 0.717) is 6.42 Å². The number of benzene rings is 2. The Morgan fingerprint density at radius 1 is 0.950 bits per heavy atom. The van der Waals surface area contributed by atoms with E-state index in [0.717, 1.165) is 12.0 Å². The zero-order valence-electron chi connectivity index (χ0n) is 11.6. The summed E-state index contributed by atoms with van der Waals surface area (Å²) >= 11 is 0. The Bertz CT molecular complexity index is 548. The first-order valence-electron chi connectivity index (χ1n) is 6.84. The molecular formula is C17H19F2N. The van der Waals surface area contributed by atoms with Crippen LogP contribution in [0.25, 0.3) is 0 Å². The molecule has 0 heterocycles. The molecule has 0 radical (unpaired) electrons. The molecule has 0 bridgehead atoms. The van der Waals surface area contributed by atoms with Crippen molar-refractivity contribution in [3.8, 4) is 0 Å². The van der Waals surface area contributed by atoms with E-state index >= 15 is 0 Å². The average molecular weight is 275 g/mol. The molecule has 2 aromatic rings. The van der Waals surface area contributed by atoms with Crippen LogP contribution in [0.5, 0.6) is 0 Å². The highest BCUT2D eigenvalue weighted by atomic mass is 19.1. The summed E-state index contributed by atoms with van der Waals surface area (Å²) < 4.78 is 27.7. The maximum atomic E-state index is 13.8. The van der Waals surface area contributed by atoms with Crippen molar-refractivity contribution in [2.24, 2.45) is 5.73 Å². The molecule has 1 nitrogen and oxygen atoms in total. The van der Waals surface area contributed by atoms with E-state index in [1.54, 1.807) is 0 Å². The van der Waals surface area contributed by atoms with Crippen molar-refractivity contribution in [2.45, 2.75) is 31.7 Å². The number of hydrogen-bond donors (Lipinski definition) is 1. The van der Waals surface area contributed by atoms with E-state index in [-0.39, 0.29) is 12.0 Å². The molecule has 1 unspecified atom stereocenters. The Balaban J connectivity index is 2.40. The van der Waals surface area contributed by atoms with Gasteiger partial charge in [-0.05, 0) is 24.1 Å². The maximum Gasteiger partial charge on any atom is 0.129 e. The minimum atomic E-state index is -0.751. The third-order valence-corrected chi connectivity index (χ3v) is 3.60. The molecule has 2 rings (SSSR count). The summed E-state index contributed by atoms with van der Waals surface area (Å²) in [4.78, 5) is 0. The van der Waals surface area contributed by atoms with E-state index in [1.165, 1.54) is 18.2 Å². The van der Waals surface area contributed by atoms with Crippen molar-refractivity contribution in [1.29, 1.82) is 0 Å². The first-order valence-corrected chi connectivity index (χ1v) is 6.84. The topological polar surface area (TPSA) is 26.0 Å². The molecule has 106 valence electrons. The van der Waals surface area contributed by atoms with E-state index in [1.807, 2.05) is 37.3 Å². The Hall–Kier alpha value is -1.74. The lowest BCUT2D eigenvalue weighted by molar-refractivity contribution is 0.385. The Kier molecular flexibility index (Phi) is 4.50. The molecule has 0 saturated heterocycles. The normalized spacial score (nSPS) is 14.0. The van der Waals surface area contributed by atoms with Gasteiger partial charge in [-0.15, -0.1) is 0 Å². The highest BCUT2D eigenvalue weighted by Crippen LogP contribution is 2.30. The molecule has 2 aromatic carbocycles. The van der Waals surface area contributed by atoms with Gasteiger partial charge in [0.05, 0.1) is 0 Å². The van der Waals surface area contributed by atoms with Gasteiger partial charge in [-0.1, -0.05) is 49.7 Å². The second kappa shape index (κ2) is 6.14. The fraction of sp³-hybridized carbons (Fsp3) is 0.294. The van der Waals surface area contributed by atoms with Crippen molar-refractivity contribution >= 4 is 0 Å². The van der Waals surface area contributed by atoms with Crippen LogP contribution in [0.3, 0.4) is 0 Å². The summed E-state index contributed by atoms with van der Waals surface area (Å²) in [7, 11) is 0. The lowest BCUT2D eigenvalue weighted by Gasteiger charge is -2.30. The fourth-order valence-corrected chi connectivity index (χ4v) is 2.57. The molecule has 0 aliphatic carbocycles. The zero-order valence-corrected chi connectivity index (χ0v) is 11.6. The first-order chi connectivity index (χ1) is 9.57. The average Bonchev–Trinajstić information content (AvgIpc) is 2.44. The molecule has 0 aliphatic heterocycles. The van der Waals surface area contributed by atoms with Gasteiger partial charge in [-0.25, -0.2) is 8.78 Å². The van der Waals surface area contributed by atoms with Crippen LogP contribution in [0.2, 0.25) is 0 Å². The zero-order chi connectivity index (χ0) is 14.6. The summed E-state index contributed by atoms with van der Waals surface area (Å²) in [5.41, 5.74) is 6.68. The van der Waals surface area contributed by atoms with Gasteiger partial charge in [0, 0.05) is 17.5 Å². The van der Waals surface area contributed by atoms with Crippen molar-refractivity contribution in [3.63, 3.8) is 0 Å². The molecular weight excluding hydrogens is 256 g/mol. The first kappa shape index (κ1) is 14.7. The summed E-state index contributed by atoms with van der Waals surface area (Å²) in [6.07, 6.45) is 1.68. The summed E-state index contributed by atoms with van der Waals surface area (Å²) in [6.45, 7) is 2.02. The summed E-state index contributed by atoms with van der Waals surface area (Å²) in [5.74, 6) is -1.07. The molecule has 0 fully saturated rings. The predicted molar refractivity (Wildman–Crippen MR) is 77.3 cm³/mol. The Morgan fingerprint density at radius 3 is 2.10 bits per heavy atom. The predicted octanol–water partition coefficient (Wildman–Crippen LogP) is 4.16. The van der Waals surface area contributed by atoms with Gasteiger partial charge in [0.15, 0.2) is 0 Å². The second-order valence-corrected chi connectivity index (χ2v) is 5.15. The molecule has 3 heteroatoms. The molecule has 0 saturated carbocycles.